The Hall–Kier alpha value is -0.120. The van der Waals surface area contributed by atoms with Crippen LogP contribution in [0.2, 0.25) is 0 Å². The van der Waals surface area contributed by atoms with Gasteiger partial charge in [0.1, 0.15) is 0 Å². The monoisotopic (exact) mass is 246 g/mol. The number of aliphatic hydroxyl groups excluding tert-OH is 1. The molecule has 2 fully saturated rings. The van der Waals surface area contributed by atoms with Crippen LogP contribution in [0.4, 0.5) is 0 Å². The van der Waals surface area contributed by atoms with Crippen LogP contribution in [-0.2, 0) is 0 Å². The maximum absolute atomic E-state index is 8.86. The maximum Gasteiger partial charge on any atom is 0.0679 e. The molecule has 0 aromatic heterocycles. The van der Waals surface area contributed by atoms with Crippen LogP contribution in [0.5, 0.6) is 0 Å². The van der Waals surface area contributed by atoms with Gasteiger partial charge >= 0.3 is 0 Å². The molecule has 2 saturated heterocycles. The molecule has 3 heteroatoms. The van der Waals surface area contributed by atoms with Crippen molar-refractivity contribution in [3.63, 3.8) is 0 Å². The molecule has 1 N–H and O–H groups in total. The molecule has 1 unspecified atom stereocenters. The second-order valence-corrected chi connectivity index (χ2v) is 4.22. The lowest BCUT2D eigenvalue weighted by Crippen LogP contribution is -2.15. The van der Waals surface area contributed by atoms with Crippen molar-refractivity contribution in [2.75, 3.05) is 40.3 Å². The SMILES string of the molecule is CC.CC.CN1CCC(O)C1.CN1CCCC1. The predicted octanol–water partition coefficient (Wildman–Crippen LogP) is 2.45. The molecule has 17 heavy (non-hydrogen) atoms. The number of aliphatic hydroxyl groups is 1. The van der Waals surface area contributed by atoms with Gasteiger partial charge in [0, 0.05) is 13.1 Å². The minimum absolute atomic E-state index is 0.0509. The number of likely N-dealkylation sites (N-methyl/N-ethyl adjacent to an activating group) is 1. The third-order valence-corrected chi connectivity index (χ3v) is 2.70. The third-order valence-electron chi connectivity index (χ3n) is 2.70. The molecule has 0 spiro atoms. The molecule has 0 aromatic carbocycles. The van der Waals surface area contributed by atoms with Gasteiger partial charge in [0.05, 0.1) is 6.10 Å². The highest BCUT2D eigenvalue weighted by atomic mass is 16.3. The van der Waals surface area contributed by atoms with E-state index in [1.807, 2.05) is 34.7 Å². The van der Waals surface area contributed by atoms with Crippen LogP contribution in [0.25, 0.3) is 0 Å². The van der Waals surface area contributed by atoms with E-state index in [0.29, 0.717) is 0 Å². The van der Waals surface area contributed by atoms with Crippen LogP contribution in [-0.4, -0.2) is 61.3 Å². The average molecular weight is 246 g/mol. The summed E-state index contributed by atoms with van der Waals surface area (Å²) < 4.78 is 0. The van der Waals surface area contributed by atoms with Crippen molar-refractivity contribution in [1.29, 1.82) is 0 Å². The Morgan fingerprint density at radius 2 is 1.29 bits per heavy atom. The Morgan fingerprint density at radius 1 is 0.824 bits per heavy atom. The standard InChI is InChI=1S/C5H11NO.C5H11N.2C2H6/c1-6-3-2-5(7)4-6;1-6-4-2-3-5-6;2*1-2/h5,7H,2-4H2,1H3;2-5H2,1H3;2*1-2H3. The summed E-state index contributed by atoms with van der Waals surface area (Å²) in [7, 11) is 4.20. The zero-order valence-corrected chi connectivity index (χ0v) is 12.9. The normalized spacial score (nSPS) is 23.8. The van der Waals surface area contributed by atoms with Crippen molar-refractivity contribution in [1.82, 2.24) is 9.80 Å². The molecule has 0 aromatic rings. The van der Waals surface area contributed by atoms with Gasteiger partial charge in [-0.05, 0) is 46.4 Å². The smallest absolute Gasteiger partial charge is 0.0679 e. The largest absolute Gasteiger partial charge is 0.392 e. The first kappa shape index (κ1) is 19.2. The van der Waals surface area contributed by atoms with E-state index in [2.05, 4.69) is 16.8 Å². The summed E-state index contributed by atoms with van der Waals surface area (Å²) in [6.07, 6.45) is 3.73. The summed E-state index contributed by atoms with van der Waals surface area (Å²) in [6, 6.07) is 0. The van der Waals surface area contributed by atoms with Crippen LogP contribution in [0, 0.1) is 0 Å². The lowest BCUT2D eigenvalue weighted by molar-refractivity contribution is 0.183. The van der Waals surface area contributed by atoms with Gasteiger partial charge < -0.3 is 14.9 Å². The van der Waals surface area contributed by atoms with Gasteiger partial charge in [-0.1, -0.05) is 27.7 Å². The molecule has 0 radical (unpaired) electrons. The second kappa shape index (κ2) is 13.9. The fourth-order valence-corrected chi connectivity index (χ4v) is 1.79. The average Bonchev–Trinajstić information content (AvgIpc) is 2.97. The number of nitrogens with zero attached hydrogens (tertiary/aromatic N) is 2. The molecular formula is C14H34N2O. The van der Waals surface area contributed by atoms with Crippen LogP contribution in [0.3, 0.4) is 0 Å². The second-order valence-electron chi connectivity index (χ2n) is 4.22. The van der Waals surface area contributed by atoms with Crippen molar-refractivity contribution in [2.45, 2.75) is 53.1 Å². The van der Waals surface area contributed by atoms with Crippen LogP contribution < -0.4 is 0 Å². The fourth-order valence-electron chi connectivity index (χ4n) is 1.79. The molecule has 106 valence electrons. The van der Waals surface area contributed by atoms with Crippen LogP contribution in [0.1, 0.15) is 47.0 Å². The first-order chi connectivity index (χ1) is 8.18. The van der Waals surface area contributed by atoms with E-state index >= 15 is 0 Å². The zero-order valence-electron chi connectivity index (χ0n) is 12.9. The lowest BCUT2D eigenvalue weighted by Gasteiger charge is -2.02. The Kier molecular flexibility index (Phi) is 15.8. The van der Waals surface area contributed by atoms with Gasteiger partial charge in [-0.15, -0.1) is 0 Å². The molecule has 3 nitrogen and oxygen atoms in total. The highest BCUT2D eigenvalue weighted by Crippen LogP contribution is 2.04. The summed E-state index contributed by atoms with van der Waals surface area (Å²) in [5.74, 6) is 0. The Labute approximate surface area is 109 Å². The van der Waals surface area contributed by atoms with Crippen LogP contribution >= 0.6 is 0 Å². The van der Waals surface area contributed by atoms with E-state index in [-0.39, 0.29) is 6.10 Å². The quantitative estimate of drug-likeness (QED) is 0.711. The van der Waals surface area contributed by atoms with Gasteiger partial charge in [0.15, 0.2) is 0 Å². The number of hydrogen-bond donors (Lipinski definition) is 1. The number of likely N-dealkylation sites (tertiary alicyclic amines) is 2. The molecule has 0 amide bonds. The predicted molar refractivity (Wildman–Crippen MR) is 77.5 cm³/mol. The van der Waals surface area contributed by atoms with Crippen LogP contribution in [0.15, 0.2) is 0 Å². The number of rotatable bonds is 0. The Balaban J connectivity index is 0. The van der Waals surface area contributed by atoms with Gasteiger partial charge in [-0.3, -0.25) is 0 Å². The van der Waals surface area contributed by atoms with E-state index in [9.17, 15) is 0 Å². The van der Waals surface area contributed by atoms with Gasteiger partial charge in [-0.2, -0.15) is 0 Å². The molecule has 1 atom stereocenters. The van der Waals surface area contributed by atoms with Crippen molar-refractivity contribution < 1.29 is 5.11 Å². The summed E-state index contributed by atoms with van der Waals surface area (Å²) in [5.41, 5.74) is 0. The minimum atomic E-state index is -0.0509. The molecule has 0 saturated carbocycles. The van der Waals surface area contributed by atoms with Crippen molar-refractivity contribution >= 4 is 0 Å². The van der Waals surface area contributed by atoms with E-state index in [1.54, 1.807) is 0 Å². The first-order valence-corrected chi connectivity index (χ1v) is 7.23. The molecule has 2 rings (SSSR count). The molecule has 2 heterocycles. The maximum atomic E-state index is 8.86. The Morgan fingerprint density at radius 3 is 1.41 bits per heavy atom. The van der Waals surface area contributed by atoms with Gasteiger partial charge in [0.2, 0.25) is 0 Å². The summed E-state index contributed by atoms with van der Waals surface area (Å²) >= 11 is 0. The minimum Gasteiger partial charge on any atom is -0.392 e. The highest BCUT2D eigenvalue weighted by molar-refractivity contribution is 4.70. The third kappa shape index (κ3) is 12.1. The van der Waals surface area contributed by atoms with E-state index < -0.39 is 0 Å². The van der Waals surface area contributed by atoms with Crippen molar-refractivity contribution in [3.8, 4) is 0 Å². The molecule has 0 bridgehead atoms. The summed E-state index contributed by atoms with van der Waals surface area (Å²) in [5, 5.41) is 8.86. The van der Waals surface area contributed by atoms with Gasteiger partial charge in [-0.25, -0.2) is 0 Å². The highest BCUT2D eigenvalue weighted by Gasteiger charge is 2.15. The fraction of sp³-hybridized carbons (Fsp3) is 1.00. The van der Waals surface area contributed by atoms with E-state index in [4.69, 9.17) is 5.11 Å². The summed E-state index contributed by atoms with van der Waals surface area (Å²) in [4.78, 5) is 4.49. The molecule has 0 aliphatic carbocycles. The van der Waals surface area contributed by atoms with E-state index in [0.717, 1.165) is 19.5 Å². The van der Waals surface area contributed by atoms with E-state index in [1.165, 1.54) is 25.9 Å². The lowest BCUT2D eigenvalue weighted by atomic mass is 10.3. The molecule has 2 aliphatic heterocycles. The molecular weight excluding hydrogens is 212 g/mol. The molecule has 2 aliphatic rings. The summed E-state index contributed by atoms with van der Waals surface area (Å²) in [6.45, 7) is 12.6. The zero-order chi connectivity index (χ0) is 13.7. The van der Waals surface area contributed by atoms with Gasteiger partial charge in [0.25, 0.3) is 0 Å². The first-order valence-electron chi connectivity index (χ1n) is 7.23. The number of β-amino-alcohol motifs (C(OH)–C–C–N with tert-alkyl or cyclic N) is 1. The Bertz CT molecular complexity index is 128. The topological polar surface area (TPSA) is 26.7 Å². The van der Waals surface area contributed by atoms with Crippen molar-refractivity contribution in [3.05, 3.63) is 0 Å². The number of hydrogen-bond acceptors (Lipinski definition) is 3. The van der Waals surface area contributed by atoms with Crippen molar-refractivity contribution in [2.24, 2.45) is 0 Å².